The minimum Gasteiger partial charge on any atom is -0.334 e. The van der Waals surface area contributed by atoms with Gasteiger partial charge in [-0.3, -0.25) is 0 Å². The van der Waals surface area contributed by atoms with Gasteiger partial charge in [-0.15, -0.1) is 6.42 Å². The summed E-state index contributed by atoms with van der Waals surface area (Å²) in [6.07, 6.45) is 6.44. The Bertz CT molecular complexity index is 1020. The third kappa shape index (κ3) is 4.34. The van der Waals surface area contributed by atoms with Crippen LogP contribution in [0.25, 0.3) is 11.5 Å². The van der Waals surface area contributed by atoms with Crippen molar-refractivity contribution in [3.05, 3.63) is 29.6 Å². The summed E-state index contributed by atoms with van der Waals surface area (Å²) in [5, 5.41) is 6.72. The molecular formula is C19H22N4O4S. The number of urea groups is 1. The number of anilines is 1. The van der Waals surface area contributed by atoms with Crippen LogP contribution in [0.3, 0.4) is 0 Å². The molecule has 2 amide bonds. The highest BCUT2D eigenvalue weighted by molar-refractivity contribution is 7.91. The van der Waals surface area contributed by atoms with Crippen LogP contribution in [0.2, 0.25) is 0 Å². The SMILES string of the molecule is C#CCN(C(=O)Nc1cc(-c2nc(CC)no2)ccc1C)[C@H]1CCS(=O)(=O)C1. The highest BCUT2D eigenvalue weighted by Crippen LogP contribution is 2.25. The van der Waals surface area contributed by atoms with Crippen molar-refractivity contribution < 1.29 is 17.7 Å². The number of nitrogens with one attached hydrogen (secondary N) is 1. The Morgan fingerprint density at radius 2 is 2.25 bits per heavy atom. The maximum absolute atomic E-state index is 12.8. The predicted molar refractivity (Wildman–Crippen MR) is 105 cm³/mol. The van der Waals surface area contributed by atoms with Gasteiger partial charge < -0.3 is 14.7 Å². The van der Waals surface area contributed by atoms with E-state index in [0.29, 0.717) is 35.8 Å². The summed E-state index contributed by atoms with van der Waals surface area (Å²) in [7, 11) is -3.13. The number of carbonyl (C=O) groups excluding carboxylic acids is 1. The lowest BCUT2D eigenvalue weighted by Gasteiger charge is -2.26. The van der Waals surface area contributed by atoms with Crippen LogP contribution >= 0.6 is 0 Å². The quantitative estimate of drug-likeness (QED) is 0.769. The number of terminal acetylenes is 1. The Kier molecular flexibility index (Phi) is 5.70. The van der Waals surface area contributed by atoms with E-state index in [1.54, 1.807) is 6.07 Å². The average molecular weight is 402 g/mol. The van der Waals surface area contributed by atoms with E-state index in [-0.39, 0.29) is 18.1 Å². The molecule has 0 aliphatic carbocycles. The second-order valence-electron chi connectivity index (χ2n) is 6.72. The number of hydrogen-bond donors (Lipinski definition) is 1. The molecule has 0 spiro atoms. The second-order valence-corrected chi connectivity index (χ2v) is 8.95. The van der Waals surface area contributed by atoms with E-state index in [1.807, 2.05) is 26.0 Å². The lowest BCUT2D eigenvalue weighted by atomic mass is 10.1. The number of sulfone groups is 1. The van der Waals surface area contributed by atoms with Crippen molar-refractivity contribution in [1.29, 1.82) is 0 Å². The summed E-state index contributed by atoms with van der Waals surface area (Å²) < 4.78 is 28.8. The van der Waals surface area contributed by atoms with Crippen LogP contribution in [-0.2, 0) is 16.3 Å². The number of aromatic nitrogens is 2. The maximum Gasteiger partial charge on any atom is 0.322 e. The normalized spacial score (nSPS) is 17.8. The first-order valence-electron chi connectivity index (χ1n) is 8.98. The van der Waals surface area contributed by atoms with Crippen LogP contribution in [0.1, 0.15) is 24.7 Å². The van der Waals surface area contributed by atoms with E-state index in [2.05, 4.69) is 21.4 Å². The molecule has 2 aromatic rings. The molecule has 2 heterocycles. The lowest BCUT2D eigenvalue weighted by Crippen LogP contribution is -2.44. The molecule has 9 heteroatoms. The number of hydrogen-bond acceptors (Lipinski definition) is 6. The predicted octanol–water partition coefficient (Wildman–Crippen LogP) is 2.26. The number of aryl methyl sites for hydroxylation is 2. The molecule has 0 saturated carbocycles. The Morgan fingerprint density at radius 1 is 1.46 bits per heavy atom. The molecule has 1 atom stereocenters. The van der Waals surface area contributed by atoms with E-state index >= 15 is 0 Å². The van der Waals surface area contributed by atoms with Gasteiger partial charge in [-0.1, -0.05) is 24.1 Å². The van der Waals surface area contributed by atoms with Crippen molar-refractivity contribution in [3.8, 4) is 23.8 Å². The number of carbonyl (C=O) groups is 1. The van der Waals surface area contributed by atoms with Gasteiger partial charge in [-0.2, -0.15) is 4.98 Å². The maximum atomic E-state index is 12.8. The average Bonchev–Trinajstić information content (AvgIpc) is 3.27. The van der Waals surface area contributed by atoms with Gasteiger partial charge in [0, 0.05) is 23.7 Å². The number of amides is 2. The third-order valence-corrected chi connectivity index (χ3v) is 6.43. The molecule has 3 rings (SSSR count). The summed E-state index contributed by atoms with van der Waals surface area (Å²) in [5.41, 5.74) is 2.09. The van der Waals surface area contributed by atoms with Gasteiger partial charge in [-0.25, -0.2) is 13.2 Å². The highest BCUT2D eigenvalue weighted by atomic mass is 32.2. The van der Waals surface area contributed by atoms with Gasteiger partial charge in [0.2, 0.25) is 0 Å². The largest absolute Gasteiger partial charge is 0.334 e. The fourth-order valence-corrected chi connectivity index (χ4v) is 4.81. The Balaban J connectivity index is 1.82. The minimum absolute atomic E-state index is 0.0360. The first kappa shape index (κ1) is 19.9. The first-order chi connectivity index (χ1) is 13.3. The fraction of sp³-hybridized carbons (Fsp3) is 0.421. The monoisotopic (exact) mass is 402 g/mol. The molecule has 1 aromatic carbocycles. The number of benzene rings is 1. The minimum atomic E-state index is -3.13. The summed E-state index contributed by atoms with van der Waals surface area (Å²) in [5.74, 6) is 3.41. The van der Waals surface area contributed by atoms with Crippen LogP contribution in [0.5, 0.6) is 0 Å². The van der Waals surface area contributed by atoms with Gasteiger partial charge in [-0.05, 0) is 31.0 Å². The van der Waals surface area contributed by atoms with E-state index in [1.165, 1.54) is 4.90 Å². The van der Waals surface area contributed by atoms with Crippen molar-refractivity contribution in [2.75, 3.05) is 23.4 Å². The van der Waals surface area contributed by atoms with Crippen LogP contribution in [0.15, 0.2) is 22.7 Å². The van der Waals surface area contributed by atoms with E-state index in [4.69, 9.17) is 10.9 Å². The van der Waals surface area contributed by atoms with Crippen LogP contribution < -0.4 is 5.32 Å². The lowest BCUT2D eigenvalue weighted by molar-refractivity contribution is 0.202. The van der Waals surface area contributed by atoms with Gasteiger partial charge >= 0.3 is 6.03 Å². The Morgan fingerprint density at radius 3 is 2.86 bits per heavy atom. The molecule has 1 aromatic heterocycles. The van der Waals surface area contributed by atoms with Gasteiger partial charge in [0.05, 0.1) is 18.1 Å². The van der Waals surface area contributed by atoms with E-state index < -0.39 is 21.9 Å². The molecule has 0 radical (unpaired) electrons. The summed E-state index contributed by atoms with van der Waals surface area (Å²) in [6, 6.07) is 4.57. The molecular weight excluding hydrogens is 380 g/mol. The Labute approximate surface area is 164 Å². The topological polar surface area (TPSA) is 105 Å². The summed E-state index contributed by atoms with van der Waals surface area (Å²) >= 11 is 0. The smallest absolute Gasteiger partial charge is 0.322 e. The number of nitrogens with zero attached hydrogens (tertiary/aromatic N) is 3. The highest BCUT2D eigenvalue weighted by Gasteiger charge is 2.34. The zero-order valence-corrected chi connectivity index (χ0v) is 16.6. The van der Waals surface area contributed by atoms with Crippen LogP contribution in [0, 0.1) is 19.3 Å². The molecule has 1 fully saturated rings. The van der Waals surface area contributed by atoms with Crippen molar-refractivity contribution in [1.82, 2.24) is 15.0 Å². The second kappa shape index (κ2) is 8.02. The number of rotatable bonds is 5. The Hall–Kier alpha value is -2.86. The zero-order chi connectivity index (χ0) is 20.3. The van der Waals surface area contributed by atoms with Crippen LogP contribution in [-0.4, -0.2) is 53.6 Å². The van der Waals surface area contributed by atoms with Crippen molar-refractivity contribution in [2.24, 2.45) is 0 Å². The first-order valence-corrected chi connectivity index (χ1v) is 10.8. The molecule has 0 unspecified atom stereocenters. The molecule has 28 heavy (non-hydrogen) atoms. The van der Waals surface area contributed by atoms with Gasteiger partial charge in [0.1, 0.15) is 0 Å². The zero-order valence-electron chi connectivity index (χ0n) is 15.8. The van der Waals surface area contributed by atoms with Crippen molar-refractivity contribution >= 4 is 21.6 Å². The van der Waals surface area contributed by atoms with Crippen LogP contribution in [0.4, 0.5) is 10.5 Å². The third-order valence-electron chi connectivity index (χ3n) is 4.68. The van der Waals surface area contributed by atoms with Crippen molar-refractivity contribution in [3.63, 3.8) is 0 Å². The molecule has 1 aliphatic heterocycles. The van der Waals surface area contributed by atoms with Gasteiger partial charge in [0.15, 0.2) is 15.7 Å². The van der Waals surface area contributed by atoms with E-state index in [0.717, 1.165) is 5.56 Å². The van der Waals surface area contributed by atoms with E-state index in [9.17, 15) is 13.2 Å². The molecule has 8 nitrogen and oxygen atoms in total. The fourth-order valence-electron chi connectivity index (χ4n) is 3.08. The summed E-state index contributed by atoms with van der Waals surface area (Å²) in [4.78, 5) is 18.5. The van der Waals surface area contributed by atoms with Crippen molar-refractivity contribution in [2.45, 2.75) is 32.7 Å². The molecule has 1 N–H and O–H groups in total. The standard InChI is InChI=1S/C19H22N4O4S/c1-4-9-23(15-8-10-28(25,26)12-15)19(24)20-16-11-14(7-6-13(16)3)18-21-17(5-2)22-27-18/h1,6-7,11,15H,5,8-10,12H2,2-3H3,(H,20,24)/t15-/m0/s1. The summed E-state index contributed by atoms with van der Waals surface area (Å²) in [6.45, 7) is 3.82. The molecule has 1 aliphatic rings. The van der Waals surface area contributed by atoms with Gasteiger partial charge in [0.25, 0.3) is 5.89 Å². The molecule has 0 bridgehead atoms. The molecule has 1 saturated heterocycles. The molecule has 148 valence electrons.